The first-order valence-corrected chi connectivity index (χ1v) is 7.12. The van der Waals surface area contributed by atoms with Gasteiger partial charge in [0.25, 0.3) is 0 Å². The number of hydrogen-bond donors (Lipinski definition) is 2. The van der Waals surface area contributed by atoms with Gasteiger partial charge in [-0.1, -0.05) is 19.9 Å². The summed E-state index contributed by atoms with van der Waals surface area (Å²) in [5.74, 6) is 0.821. The Kier molecular flexibility index (Phi) is 3.19. The molecule has 102 valence electrons. The Bertz CT molecular complexity index is 500. The number of carbonyl (C=O) groups is 1. The molecule has 2 aliphatic heterocycles. The zero-order valence-electron chi connectivity index (χ0n) is 11.6. The molecule has 4 heteroatoms. The minimum atomic E-state index is -0.188. The zero-order valence-corrected chi connectivity index (χ0v) is 11.6. The van der Waals surface area contributed by atoms with Gasteiger partial charge < -0.3 is 15.5 Å². The van der Waals surface area contributed by atoms with E-state index in [1.807, 2.05) is 6.92 Å². The Morgan fingerprint density at radius 1 is 1.47 bits per heavy atom. The van der Waals surface area contributed by atoms with Crippen LogP contribution in [0, 0.1) is 5.92 Å². The molecule has 4 nitrogen and oxygen atoms in total. The van der Waals surface area contributed by atoms with Crippen molar-refractivity contribution in [3.8, 4) is 0 Å². The lowest BCUT2D eigenvalue weighted by molar-refractivity contribution is -0.117. The lowest BCUT2D eigenvalue weighted by Gasteiger charge is -2.19. The SMILES string of the molecule is CCNC1C(=O)Nc2cc(N3CCC(C)C3)ccc21. The van der Waals surface area contributed by atoms with Crippen LogP contribution in [0.25, 0.3) is 0 Å². The second-order valence-corrected chi connectivity index (χ2v) is 5.59. The third-order valence-electron chi connectivity index (χ3n) is 4.07. The molecule has 0 spiro atoms. The van der Waals surface area contributed by atoms with Crippen LogP contribution < -0.4 is 15.5 Å². The highest BCUT2D eigenvalue weighted by Crippen LogP contribution is 2.35. The van der Waals surface area contributed by atoms with E-state index in [-0.39, 0.29) is 11.9 Å². The van der Waals surface area contributed by atoms with E-state index >= 15 is 0 Å². The van der Waals surface area contributed by atoms with Crippen molar-refractivity contribution in [3.05, 3.63) is 23.8 Å². The molecule has 2 N–H and O–H groups in total. The van der Waals surface area contributed by atoms with Crippen molar-refractivity contribution in [2.75, 3.05) is 29.9 Å². The first kappa shape index (κ1) is 12.5. The predicted octanol–water partition coefficient (Wildman–Crippen LogP) is 2.14. The van der Waals surface area contributed by atoms with Crippen molar-refractivity contribution in [2.24, 2.45) is 5.92 Å². The number of rotatable bonds is 3. The van der Waals surface area contributed by atoms with Gasteiger partial charge in [-0.25, -0.2) is 0 Å². The number of benzene rings is 1. The molecule has 0 radical (unpaired) electrons. The average molecular weight is 259 g/mol. The van der Waals surface area contributed by atoms with E-state index in [2.05, 4.69) is 40.7 Å². The second kappa shape index (κ2) is 4.85. The topological polar surface area (TPSA) is 44.4 Å². The average Bonchev–Trinajstić information content (AvgIpc) is 2.94. The molecular formula is C15H21N3O. The summed E-state index contributed by atoms with van der Waals surface area (Å²) >= 11 is 0. The molecule has 2 atom stereocenters. The summed E-state index contributed by atoms with van der Waals surface area (Å²) < 4.78 is 0. The number of likely N-dealkylation sites (N-methyl/N-ethyl adjacent to an activating group) is 1. The first-order valence-electron chi connectivity index (χ1n) is 7.12. The summed E-state index contributed by atoms with van der Waals surface area (Å²) in [4.78, 5) is 14.3. The Labute approximate surface area is 114 Å². The standard InChI is InChI=1S/C15H21N3O/c1-3-16-14-12-5-4-11(8-13(12)17-15(14)19)18-7-6-10(2)9-18/h4-5,8,10,14,16H,3,6-7,9H2,1-2H3,(H,17,19). The predicted molar refractivity (Wildman–Crippen MR) is 77.5 cm³/mol. The highest BCUT2D eigenvalue weighted by molar-refractivity contribution is 6.03. The number of nitrogens with zero attached hydrogens (tertiary/aromatic N) is 1. The fraction of sp³-hybridized carbons (Fsp3) is 0.533. The normalized spacial score (nSPS) is 25.6. The lowest BCUT2D eigenvalue weighted by Crippen LogP contribution is -2.27. The first-order chi connectivity index (χ1) is 9.19. The highest BCUT2D eigenvalue weighted by atomic mass is 16.2. The molecule has 1 aromatic carbocycles. The van der Waals surface area contributed by atoms with Crippen molar-refractivity contribution >= 4 is 17.3 Å². The van der Waals surface area contributed by atoms with E-state index < -0.39 is 0 Å². The van der Waals surface area contributed by atoms with Crippen LogP contribution in [0.4, 0.5) is 11.4 Å². The molecule has 2 unspecified atom stereocenters. The summed E-state index contributed by atoms with van der Waals surface area (Å²) in [6.45, 7) is 7.33. The minimum Gasteiger partial charge on any atom is -0.371 e. The van der Waals surface area contributed by atoms with Crippen LogP contribution >= 0.6 is 0 Å². The third kappa shape index (κ3) is 2.21. The van der Waals surface area contributed by atoms with Crippen LogP contribution in [0.15, 0.2) is 18.2 Å². The second-order valence-electron chi connectivity index (χ2n) is 5.59. The van der Waals surface area contributed by atoms with Gasteiger partial charge >= 0.3 is 0 Å². The van der Waals surface area contributed by atoms with Gasteiger partial charge in [0.1, 0.15) is 6.04 Å². The van der Waals surface area contributed by atoms with Gasteiger partial charge in [0, 0.05) is 30.0 Å². The molecule has 1 saturated heterocycles. The minimum absolute atomic E-state index is 0.0591. The van der Waals surface area contributed by atoms with Gasteiger partial charge in [-0.3, -0.25) is 4.79 Å². The molecule has 1 fully saturated rings. The molecule has 19 heavy (non-hydrogen) atoms. The van der Waals surface area contributed by atoms with Crippen LogP contribution in [0.1, 0.15) is 31.9 Å². The maximum Gasteiger partial charge on any atom is 0.246 e. The summed E-state index contributed by atoms with van der Waals surface area (Å²) in [5.41, 5.74) is 3.26. The molecule has 0 aromatic heterocycles. The molecule has 3 rings (SSSR count). The van der Waals surface area contributed by atoms with Crippen molar-refractivity contribution in [1.82, 2.24) is 5.32 Å². The van der Waals surface area contributed by atoms with Gasteiger partial charge in [0.05, 0.1) is 0 Å². The van der Waals surface area contributed by atoms with Gasteiger partial charge in [-0.2, -0.15) is 0 Å². The molecule has 2 heterocycles. The Morgan fingerprint density at radius 3 is 3.00 bits per heavy atom. The van der Waals surface area contributed by atoms with Crippen molar-refractivity contribution < 1.29 is 4.79 Å². The Morgan fingerprint density at radius 2 is 2.32 bits per heavy atom. The summed E-state index contributed by atoms with van der Waals surface area (Å²) in [6, 6.07) is 6.15. The van der Waals surface area contributed by atoms with E-state index in [0.29, 0.717) is 0 Å². The van der Waals surface area contributed by atoms with Gasteiger partial charge in [-0.15, -0.1) is 0 Å². The van der Waals surface area contributed by atoms with Crippen molar-refractivity contribution in [2.45, 2.75) is 26.3 Å². The fourth-order valence-corrected chi connectivity index (χ4v) is 3.02. The van der Waals surface area contributed by atoms with Crippen molar-refractivity contribution in [3.63, 3.8) is 0 Å². The summed E-state index contributed by atoms with van der Waals surface area (Å²) in [6.07, 6.45) is 1.25. The van der Waals surface area contributed by atoms with E-state index in [0.717, 1.165) is 36.8 Å². The quantitative estimate of drug-likeness (QED) is 0.874. The lowest BCUT2D eigenvalue weighted by atomic mass is 10.1. The van der Waals surface area contributed by atoms with Gasteiger partial charge in [0.15, 0.2) is 0 Å². The van der Waals surface area contributed by atoms with Crippen LogP contribution in [-0.2, 0) is 4.79 Å². The maximum atomic E-state index is 11.9. The van der Waals surface area contributed by atoms with E-state index in [9.17, 15) is 4.79 Å². The number of hydrogen-bond acceptors (Lipinski definition) is 3. The molecule has 2 aliphatic rings. The molecular weight excluding hydrogens is 238 g/mol. The van der Waals surface area contributed by atoms with Crippen LogP contribution in [0.3, 0.4) is 0 Å². The molecule has 1 aromatic rings. The highest BCUT2D eigenvalue weighted by Gasteiger charge is 2.30. The number of carbonyl (C=O) groups excluding carboxylic acids is 1. The maximum absolute atomic E-state index is 11.9. The molecule has 1 amide bonds. The van der Waals surface area contributed by atoms with Gasteiger partial charge in [-0.05, 0) is 31.0 Å². The largest absolute Gasteiger partial charge is 0.371 e. The van der Waals surface area contributed by atoms with Crippen LogP contribution in [-0.4, -0.2) is 25.5 Å². The summed E-state index contributed by atoms with van der Waals surface area (Å²) in [7, 11) is 0. The number of fused-ring (bicyclic) bond motifs is 1. The van der Waals surface area contributed by atoms with Crippen LogP contribution in [0.2, 0.25) is 0 Å². The fourth-order valence-electron chi connectivity index (χ4n) is 3.02. The smallest absolute Gasteiger partial charge is 0.246 e. The Balaban J connectivity index is 1.85. The molecule has 0 bridgehead atoms. The van der Waals surface area contributed by atoms with Crippen LogP contribution in [0.5, 0.6) is 0 Å². The molecule has 0 saturated carbocycles. The van der Waals surface area contributed by atoms with E-state index in [4.69, 9.17) is 0 Å². The van der Waals surface area contributed by atoms with E-state index in [1.54, 1.807) is 0 Å². The van der Waals surface area contributed by atoms with E-state index in [1.165, 1.54) is 12.1 Å². The summed E-state index contributed by atoms with van der Waals surface area (Å²) in [5, 5.41) is 6.20. The third-order valence-corrected chi connectivity index (χ3v) is 4.07. The number of amides is 1. The molecule has 0 aliphatic carbocycles. The number of nitrogens with one attached hydrogen (secondary N) is 2. The van der Waals surface area contributed by atoms with Crippen molar-refractivity contribution in [1.29, 1.82) is 0 Å². The zero-order chi connectivity index (χ0) is 13.4. The van der Waals surface area contributed by atoms with Gasteiger partial charge in [0.2, 0.25) is 5.91 Å². The number of anilines is 2. The monoisotopic (exact) mass is 259 g/mol. The Hall–Kier alpha value is -1.55.